The second-order valence-electron chi connectivity index (χ2n) is 21.3. The molecule has 11 aromatic carbocycles. The third kappa shape index (κ3) is 7.68. The van der Waals surface area contributed by atoms with Gasteiger partial charge in [0, 0.05) is 66.1 Å². The van der Waals surface area contributed by atoms with Crippen LogP contribution in [0.3, 0.4) is 0 Å². The van der Waals surface area contributed by atoms with Crippen LogP contribution in [0.25, 0.3) is 139 Å². The van der Waals surface area contributed by atoms with Crippen molar-refractivity contribution in [2.45, 2.75) is 27.7 Å². The first-order valence-corrected chi connectivity index (χ1v) is 27.2. The summed E-state index contributed by atoms with van der Waals surface area (Å²) in [7, 11) is 0. The Bertz CT molecular complexity index is 4530. The zero-order valence-corrected chi connectivity index (χ0v) is 44.4. The zero-order valence-electron chi connectivity index (χ0n) is 44.4. The third-order valence-electron chi connectivity index (χ3n) is 16.3. The molecule has 0 spiro atoms. The van der Waals surface area contributed by atoms with Crippen LogP contribution in [0.5, 0.6) is 0 Å². The molecule has 0 atom stereocenters. The summed E-state index contributed by atoms with van der Waals surface area (Å²) in [6.07, 6.45) is 0. The van der Waals surface area contributed by atoms with Crippen LogP contribution in [0.1, 0.15) is 22.3 Å². The monoisotopic (exact) mass is 1010 g/mol. The van der Waals surface area contributed by atoms with Crippen molar-refractivity contribution in [3.63, 3.8) is 0 Å². The lowest BCUT2D eigenvalue weighted by Gasteiger charge is -2.15. The lowest BCUT2D eigenvalue weighted by molar-refractivity contribution is 1.16. The molecular formula is C74H53N5. The first-order valence-electron chi connectivity index (χ1n) is 27.2. The van der Waals surface area contributed by atoms with Crippen LogP contribution in [0, 0.1) is 27.7 Å². The fourth-order valence-corrected chi connectivity index (χ4v) is 12.5. The molecule has 79 heavy (non-hydrogen) atoms. The van der Waals surface area contributed by atoms with Gasteiger partial charge in [-0.3, -0.25) is 0 Å². The largest absolute Gasteiger partial charge is 0.309 e. The summed E-state index contributed by atoms with van der Waals surface area (Å²) in [5, 5.41) is 7.42. The first-order chi connectivity index (χ1) is 38.8. The maximum atomic E-state index is 5.12. The molecular weight excluding hydrogens is 959 g/mol. The van der Waals surface area contributed by atoms with Gasteiger partial charge in [-0.2, -0.15) is 0 Å². The molecule has 5 heteroatoms. The molecule has 0 amide bonds. The summed E-state index contributed by atoms with van der Waals surface area (Å²) in [6.45, 7) is 8.70. The minimum absolute atomic E-state index is 0.720. The van der Waals surface area contributed by atoms with Crippen molar-refractivity contribution in [2.24, 2.45) is 0 Å². The molecule has 0 aliphatic rings. The molecule has 15 rings (SSSR count). The van der Waals surface area contributed by atoms with Crippen molar-refractivity contribution < 1.29 is 0 Å². The molecule has 0 saturated carbocycles. The van der Waals surface area contributed by atoms with E-state index in [1.807, 2.05) is 0 Å². The zero-order chi connectivity index (χ0) is 52.9. The summed E-state index contributed by atoms with van der Waals surface area (Å²) >= 11 is 0. The molecule has 0 saturated heterocycles. The predicted octanol–water partition coefficient (Wildman–Crippen LogP) is 19.3. The van der Waals surface area contributed by atoms with E-state index in [2.05, 4.69) is 290 Å². The van der Waals surface area contributed by atoms with Crippen molar-refractivity contribution in [2.75, 3.05) is 0 Å². The van der Waals surface area contributed by atoms with Gasteiger partial charge in [-0.15, -0.1) is 0 Å². The van der Waals surface area contributed by atoms with Crippen LogP contribution < -0.4 is 0 Å². The van der Waals surface area contributed by atoms with E-state index in [1.165, 1.54) is 93.3 Å². The van der Waals surface area contributed by atoms with Crippen molar-refractivity contribution in [1.82, 2.24) is 23.7 Å². The normalized spacial score (nSPS) is 11.8. The average Bonchev–Trinajstić information content (AvgIpc) is 4.22. The van der Waals surface area contributed by atoms with Crippen molar-refractivity contribution in [3.05, 3.63) is 271 Å². The number of hydrogen-bond acceptors (Lipinski definition) is 2. The van der Waals surface area contributed by atoms with E-state index in [9.17, 15) is 0 Å². The van der Waals surface area contributed by atoms with Crippen molar-refractivity contribution in [3.8, 4) is 73.2 Å². The van der Waals surface area contributed by atoms with Crippen LogP contribution in [0.15, 0.2) is 249 Å². The molecule has 15 aromatic rings. The molecule has 374 valence electrons. The number of aromatic nitrogens is 5. The van der Waals surface area contributed by atoms with Crippen LogP contribution in [0.2, 0.25) is 0 Å². The standard InChI is InChI=1S/C74H53N5/c1-46-21-25-51(26-22-46)65-45-66(76-74(75-65)54-27-23-47(2)24-28-54)52-31-29-50(30-32-52)55-41-48(3)73(49(4)42-55)53-33-35-56(36-34-53)77-71-39-37-57(78-67-17-9-5-13-59(67)60-14-6-10-18-68(60)78)43-63(71)64-44-58(38-40-72(64)77)79-69-19-11-7-15-61(69)62-16-8-12-20-70(62)79/h5-45H,1-4H3. The van der Waals surface area contributed by atoms with Crippen molar-refractivity contribution >= 4 is 65.4 Å². The molecule has 0 fully saturated rings. The van der Waals surface area contributed by atoms with E-state index in [1.54, 1.807) is 0 Å². The van der Waals surface area contributed by atoms with Gasteiger partial charge in [0.2, 0.25) is 0 Å². The second-order valence-corrected chi connectivity index (χ2v) is 21.3. The van der Waals surface area contributed by atoms with Crippen LogP contribution in [-0.4, -0.2) is 23.7 Å². The lowest BCUT2D eigenvalue weighted by Crippen LogP contribution is -1.97. The summed E-state index contributed by atoms with van der Waals surface area (Å²) in [4.78, 5) is 10.2. The van der Waals surface area contributed by atoms with Crippen LogP contribution in [-0.2, 0) is 0 Å². The summed E-state index contributed by atoms with van der Waals surface area (Å²) in [5.74, 6) is 0.720. The molecule has 0 aliphatic heterocycles. The van der Waals surface area contributed by atoms with Crippen LogP contribution in [0.4, 0.5) is 0 Å². The molecule has 4 heterocycles. The number of hydrogen-bond donors (Lipinski definition) is 0. The minimum atomic E-state index is 0.720. The quantitative estimate of drug-likeness (QED) is 0.152. The van der Waals surface area contributed by atoms with Crippen molar-refractivity contribution in [1.29, 1.82) is 0 Å². The number of nitrogens with zero attached hydrogens (tertiary/aromatic N) is 5. The highest BCUT2D eigenvalue weighted by Gasteiger charge is 2.20. The fourth-order valence-electron chi connectivity index (χ4n) is 12.5. The maximum absolute atomic E-state index is 5.12. The van der Waals surface area contributed by atoms with E-state index in [-0.39, 0.29) is 0 Å². The minimum Gasteiger partial charge on any atom is -0.309 e. The Morgan fingerprint density at radius 3 is 1.04 bits per heavy atom. The summed E-state index contributed by atoms with van der Waals surface area (Å²) < 4.78 is 7.29. The Hall–Kier alpha value is -10.1. The number of aryl methyl sites for hydroxylation is 4. The molecule has 0 N–H and O–H groups in total. The van der Waals surface area contributed by atoms with Gasteiger partial charge in [-0.25, -0.2) is 9.97 Å². The van der Waals surface area contributed by atoms with Gasteiger partial charge in [0.25, 0.3) is 0 Å². The molecule has 0 radical (unpaired) electrons. The third-order valence-corrected chi connectivity index (χ3v) is 16.3. The first kappa shape index (κ1) is 46.2. The lowest BCUT2D eigenvalue weighted by atomic mass is 9.91. The number of rotatable bonds is 8. The van der Waals surface area contributed by atoms with Crippen LogP contribution >= 0.6 is 0 Å². The van der Waals surface area contributed by atoms with Gasteiger partial charge in [0.1, 0.15) is 0 Å². The Kier molecular flexibility index (Phi) is 10.7. The molecule has 0 bridgehead atoms. The smallest absolute Gasteiger partial charge is 0.160 e. The van der Waals surface area contributed by atoms with E-state index in [4.69, 9.17) is 9.97 Å². The second kappa shape index (κ2) is 18.3. The van der Waals surface area contributed by atoms with E-state index >= 15 is 0 Å². The topological polar surface area (TPSA) is 40.6 Å². The Morgan fingerprint density at radius 2 is 0.595 bits per heavy atom. The average molecular weight is 1010 g/mol. The van der Waals surface area contributed by atoms with E-state index in [0.717, 1.165) is 67.6 Å². The highest BCUT2D eigenvalue weighted by molar-refractivity contribution is 6.14. The maximum Gasteiger partial charge on any atom is 0.160 e. The molecule has 0 unspecified atom stereocenters. The molecule has 0 aliphatic carbocycles. The fraction of sp³-hybridized carbons (Fsp3) is 0.0541. The summed E-state index contributed by atoms with van der Waals surface area (Å²) in [5.41, 5.74) is 25.1. The highest BCUT2D eigenvalue weighted by atomic mass is 15.0. The molecule has 5 nitrogen and oxygen atoms in total. The van der Waals surface area contributed by atoms with Gasteiger partial charge in [0.05, 0.1) is 44.5 Å². The SMILES string of the molecule is Cc1ccc(-c2cc(-c3ccc(-c4cc(C)c(-c5ccc(-n6c7ccc(-n8c9ccccc9c9ccccc98)cc7c7cc(-n8c9ccccc9c9ccccc98)ccc76)cc5)c(C)c4)cc3)nc(-c3ccc(C)cc3)n2)cc1. The van der Waals surface area contributed by atoms with E-state index < -0.39 is 0 Å². The number of fused-ring (bicyclic) bond motifs is 9. The number of para-hydroxylation sites is 4. The van der Waals surface area contributed by atoms with Gasteiger partial charge in [-0.05, 0) is 140 Å². The van der Waals surface area contributed by atoms with Gasteiger partial charge in [-0.1, -0.05) is 181 Å². The number of benzene rings is 11. The summed E-state index contributed by atoms with van der Waals surface area (Å²) in [6, 6.07) is 90.9. The Balaban J connectivity index is 0.803. The Labute approximate surface area is 458 Å². The van der Waals surface area contributed by atoms with Gasteiger partial charge >= 0.3 is 0 Å². The molecule has 4 aromatic heterocycles. The highest BCUT2D eigenvalue weighted by Crippen LogP contribution is 2.41. The Morgan fingerprint density at radius 1 is 0.253 bits per heavy atom. The van der Waals surface area contributed by atoms with Gasteiger partial charge in [0.15, 0.2) is 5.82 Å². The predicted molar refractivity (Wildman–Crippen MR) is 331 cm³/mol. The van der Waals surface area contributed by atoms with Gasteiger partial charge < -0.3 is 13.7 Å². The van der Waals surface area contributed by atoms with E-state index in [0.29, 0.717) is 0 Å².